The van der Waals surface area contributed by atoms with E-state index in [1.165, 1.54) is 23.5 Å². The fraction of sp³-hybridized carbons (Fsp3) is 0.500. The predicted octanol–water partition coefficient (Wildman–Crippen LogP) is 0.313. The van der Waals surface area contributed by atoms with Crippen LogP contribution in [0.15, 0.2) is 29.2 Å². The first-order valence-corrected chi connectivity index (χ1v) is 8.35. The van der Waals surface area contributed by atoms with Gasteiger partial charge in [-0.2, -0.15) is 4.31 Å². The van der Waals surface area contributed by atoms with Crippen molar-refractivity contribution in [1.82, 2.24) is 9.62 Å². The van der Waals surface area contributed by atoms with Crippen LogP contribution < -0.4 is 5.32 Å². The minimum absolute atomic E-state index is 0.151. The number of carbonyl (C=O) groups excluding carboxylic acids is 1. The largest absolute Gasteiger partial charge is 0.465 e. The van der Waals surface area contributed by atoms with E-state index in [0.717, 1.165) is 13.1 Å². The summed E-state index contributed by atoms with van der Waals surface area (Å²) in [5.74, 6) is 0.252. The molecule has 7 heteroatoms. The van der Waals surface area contributed by atoms with Crippen molar-refractivity contribution in [2.45, 2.75) is 4.90 Å². The summed E-state index contributed by atoms with van der Waals surface area (Å²) in [6.45, 7) is 2.84. The smallest absolute Gasteiger partial charge is 0.337 e. The average Bonchev–Trinajstić information content (AvgIpc) is 3.08. The Morgan fingerprint density at radius 3 is 2.57 bits per heavy atom. The lowest BCUT2D eigenvalue weighted by molar-refractivity contribution is 0.0600. The number of nitrogens with zero attached hydrogens (tertiary/aromatic N) is 1. The summed E-state index contributed by atoms with van der Waals surface area (Å²) in [6.07, 6.45) is 0. The van der Waals surface area contributed by atoms with Gasteiger partial charge in [0.05, 0.1) is 17.6 Å². The van der Waals surface area contributed by atoms with Crippen LogP contribution in [0, 0.1) is 11.8 Å². The third-order valence-corrected chi connectivity index (χ3v) is 6.08. The van der Waals surface area contributed by atoms with E-state index < -0.39 is 16.0 Å². The Morgan fingerprint density at radius 2 is 1.95 bits per heavy atom. The predicted molar refractivity (Wildman–Crippen MR) is 76.4 cm³/mol. The summed E-state index contributed by atoms with van der Waals surface area (Å²) >= 11 is 0. The molecule has 2 heterocycles. The van der Waals surface area contributed by atoms with Crippen LogP contribution in [-0.2, 0) is 14.8 Å². The summed E-state index contributed by atoms with van der Waals surface area (Å²) in [5, 5.41) is 3.29. The molecule has 3 rings (SSSR count). The summed E-state index contributed by atoms with van der Waals surface area (Å²) < 4.78 is 31.5. The molecule has 21 heavy (non-hydrogen) atoms. The molecule has 0 aliphatic carbocycles. The summed E-state index contributed by atoms with van der Waals surface area (Å²) in [7, 11) is -2.27. The summed E-state index contributed by atoms with van der Waals surface area (Å²) in [5.41, 5.74) is 0.250. The highest BCUT2D eigenvalue weighted by Crippen LogP contribution is 2.30. The van der Waals surface area contributed by atoms with E-state index in [9.17, 15) is 13.2 Å². The lowest BCUT2D eigenvalue weighted by atomic mass is 10.0. The molecule has 2 fully saturated rings. The third kappa shape index (κ3) is 2.56. The van der Waals surface area contributed by atoms with Crippen molar-refractivity contribution in [2.24, 2.45) is 11.8 Å². The fourth-order valence-corrected chi connectivity index (χ4v) is 4.66. The van der Waals surface area contributed by atoms with Crippen molar-refractivity contribution < 1.29 is 17.9 Å². The molecule has 0 radical (unpaired) electrons. The maximum Gasteiger partial charge on any atom is 0.337 e. The standard InChI is InChI=1S/C14H18N2O4S/c1-20-14(17)10-3-2-4-13(5-10)21(18,19)16-8-11-6-15-7-12(11)9-16/h2-5,11-12,15H,6-9H2,1H3. The number of fused-ring (bicyclic) bond motifs is 1. The SMILES string of the molecule is COC(=O)c1cccc(S(=O)(=O)N2CC3CNCC3C2)c1. The lowest BCUT2D eigenvalue weighted by Crippen LogP contribution is -2.32. The molecule has 0 spiro atoms. The van der Waals surface area contributed by atoms with Gasteiger partial charge in [-0.3, -0.25) is 0 Å². The van der Waals surface area contributed by atoms with E-state index in [1.807, 2.05) is 0 Å². The van der Waals surface area contributed by atoms with E-state index >= 15 is 0 Å². The van der Waals surface area contributed by atoms with Gasteiger partial charge in [0.1, 0.15) is 0 Å². The molecular formula is C14H18N2O4S. The number of rotatable bonds is 3. The van der Waals surface area contributed by atoms with Crippen LogP contribution in [0.1, 0.15) is 10.4 Å². The van der Waals surface area contributed by atoms with Crippen molar-refractivity contribution in [3.05, 3.63) is 29.8 Å². The van der Waals surface area contributed by atoms with Crippen molar-refractivity contribution in [3.8, 4) is 0 Å². The van der Waals surface area contributed by atoms with Crippen LogP contribution in [0.4, 0.5) is 0 Å². The molecule has 6 nitrogen and oxygen atoms in total. The van der Waals surface area contributed by atoms with Gasteiger partial charge in [0.25, 0.3) is 0 Å². The van der Waals surface area contributed by atoms with E-state index in [-0.39, 0.29) is 10.5 Å². The topological polar surface area (TPSA) is 75.7 Å². The van der Waals surface area contributed by atoms with Gasteiger partial charge in [0, 0.05) is 13.1 Å². The Labute approximate surface area is 124 Å². The maximum absolute atomic E-state index is 12.7. The van der Waals surface area contributed by atoms with Crippen molar-refractivity contribution in [1.29, 1.82) is 0 Å². The number of nitrogens with one attached hydrogen (secondary N) is 1. The van der Waals surface area contributed by atoms with Crippen molar-refractivity contribution in [2.75, 3.05) is 33.3 Å². The quantitative estimate of drug-likeness (QED) is 0.814. The second kappa shape index (κ2) is 5.40. The number of hydrogen-bond donors (Lipinski definition) is 1. The van der Waals surface area contributed by atoms with Gasteiger partial charge >= 0.3 is 5.97 Å². The Kier molecular flexibility index (Phi) is 3.73. The molecule has 0 aromatic heterocycles. The van der Waals surface area contributed by atoms with E-state index in [1.54, 1.807) is 12.1 Å². The zero-order chi connectivity index (χ0) is 15.0. The van der Waals surface area contributed by atoms with Gasteiger partial charge in [-0.1, -0.05) is 6.07 Å². The minimum Gasteiger partial charge on any atom is -0.465 e. The van der Waals surface area contributed by atoms with E-state index in [0.29, 0.717) is 24.9 Å². The molecule has 0 bridgehead atoms. The molecular weight excluding hydrogens is 292 g/mol. The molecule has 114 valence electrons. The van der Waals surface area contributed by atoms with E-state index in [2.05, 4.69) is 10.1 Å². The van der Waals surface area contributed by atoms with Crippen LogP contribution in [0.3, 0.4) is 0 Å². The fourth-order valence-electron chi connectivity index (χ4n) is 3.06. The minimum atomic E-state index is -3.55. The number of hydrogen-bond acceptors (Lipinski definition) is 5. The number of sulfonamides is 1. The zero-order valence-corrected chi connectivity index (χ0v) is 12.6. The van der Waals surface area contributed by atoms with Crippen LogP contribution in [0.2, 0.25) is 0 Å². The highest BCUT2D eigenvalue weighted by molar-refractivity contribution is 7.89. The third-order valence-electron chi connectivity index (χ3n) is 4.25. The summed E-state index contributed by atoms with van der Waals surface area (Å²) in [6, 6.07) is 6.02. The first-order valence-electron chi connectivity index (χ1n) is 6.91. The van der Waals surface area contributed by atoms with Gasteiger partial charge in [-0.15, -0.1) is 0 Å². The number of benzene rings is 1. The molecule has 1 aromatic carbocycles. The first kappa shape index (κ1) is 14.5. The van der Waals surface area contributed by atoms with E-state index in [4.69, 9.17) is 0 Å². The second-order valence-corrected chi connectivity index (χ2v) is 7.46. The Hall–Kier alpha value is -1.44. The molecule has 2 atom stereocenters. The van der Waals surface area contributed by atoms with Gasteiger partial charge in [-0.05, 0) is 43.1 Å². The molecule has 2 saturated heterocycles. The van der Waals surface area contributed by atoms with Gasteiger partial charge < -0.3 is 10.1 Å². The molecule has 1 aromatic rings. The molecule has 2 aliphatic rings. The summed E-state index contributed by atoms with van der Waals surface area (Å²) in [4.78, 5) is 11.7. The Balaban J connectivity index is 1.87. The highest BCUT2D eigenvalue weighted by atomic mass is 32.2. The zero-order valence-electron chi connectivity index (χ0n) is 11.8. The maximum atomic E-state index is 12.7. The van der Waals surface area contributed by atoms with Crippen LogP contribution in [0.5, 0.6) is 0 Å². The van der Waals surface area contributed by atoms with Gasteiger partial charge in [0.2, 0.25) is 10.0 Å². The molecule has 0 amide bonds. The monoisotopic (exact) mass is 310 g/mol. The molecule has 2 aliphatic heterocycles. The van der Waals surface area contributed by atoms with Crippen LogP contribution >= 0.6 is 0 Å². The Morgan fingerprint density at radius 1 is 1.29 bits per heavy atom. The van der Waals surface area contributed by atoms with Gasteiger partial charge in [0.15, 0.2) is 0 Å². The number of carbonyl (C=O) groups is 1. The first-order chi connectivity index (χ1) is 10.0. The normalized spacial score (nSPS) is 25.8. The van der Waals surface area contributed by atoms with Gasteiger partial charge in [-0.25, -0.2) is 13.2 Å². The van der Waals surface area contributed by atoms with Crippen molar-refractivity contribution in [3.63, 3.8) is 0 Å². The highest BCUT2D eigenvalue weighted by Gasteiger charge is 2.41. The molecule has 2 unspecified atom stereocenters. The second-order valence-electron chi connectivity index (χ2n) is 5.52. The van der Waals surface area contributed by atoms with Crippen molar-refractivity contribution >= 4 is 16.0 Å². The molecule has 0 saturated carbocycles. The lowest BCUT2D eigenvalue weighted by Gasteiger charge is -2.17. The molecule has 1 N–H and O–H groups in total. The van der Waals surface area contributed by atoms with Crippen LogP contribution in [0.25, 0.3) is 0 Å². The number of methoxy groups -OCH3 is 1. The average molecular weight is 310 g/mol. The number of ether oxygens (including phenoxy) is 1. The number of esters is 1. The van der Waals surface area contributed by atoms with Crippen LogP contribution in [-0.4, -0.2) is 52.0 Å². The Bertz CT molecular complexity index is 647.